The number of rotatable bonds is 7. The van der Waals surface area contributed by atoms with Gasteiger partial charge in [0.25, 0.3) is 0 Å². The lowest BCUT2D eigenvalue weighted by molar-refractivity contribution is -0.122. The first-order valence-electron chi connectivity index (χ1n) is 10.2. The van der Waals surface area contributed by atoms with Gasteiger partial charge in [-0.25, -0.2) is 0 Å². The first kappa shape index (κ1) is 22.2. The van der Waals surface area contributed by atoms with Crippen molar-refractivity contribution in [1.82, 2.24) is 15.5 Å². The smallest absolute Gasteiger partial charge is 0.240 e. The molecule has 1 aliphatic carbocycles. The Hall–Kier alpha value is -2.08. The molecule has 6 heteroatoms. The number of likely N-dealkylation sites (N-methyl/N-ethyl adjacent to an activating group) is 1. The Kier molecular flexibility index (Phi) is 8.30. The molecule has 1 amide bonds. The largest absolute Gasteiger partial charge is 0.373 e. The van der Waals surface area contributed by atoms with Crippen molar-refractivity contribution in [2.24, 2.45) is 4.99 Å². The lowest BCUT2D eigenvalue weighted by Gasteiger charge is -2.26. The lowest BCUT2D eigenvalue weighted by Crippen LogP contribution is -2.48. The molecule has 1 aliphatic rings. The second-order valence-corrected chi connectivity index (χ2v) is 8.43. The molecule has 0 spiro atoms. The number of hydrogen-bond donors (Lipinski definition) is 2. The van der Waals surface area contributed by atoms with Crippen molar-refractivity contribution in [3.05, 3.63) is 35.4 Å². The molecule has 0 saturated heterocycles. The summed E-state index contributed by atoms with van der Waals surface area (Å²) in [7, 11) is 3.60. The van der Waals surface area contributed by atoms with Gasteiger partial charge in [0.05, 0.1) is 12.6 Å². The van der Waals surface area contributed by atoms with Gasteiger partial charge in [0.1, 0.15) is 0 Å². The summed E-state index contributed by atoms with van der Waals surface area (Å²) in [5.74, 6) is 0.698. The molecule has 0 saturated carbocycles. The molecular formula is C22H36N4O2. The molecule has 2 N–H and O–H groups in total. The predicted octanol–water partition coefficient (Wildman–Crippen LogP) is 2.89. The van der Waals surface area contributed by atoms with Gasteiger partial charge >= 0.3 is 0 Å². The summed E-state index contributed by atoms with van der Waals surface area (Å²) in [6.07, 6.45) is 4.54. The molecule has 0 radical (unpaired) electrons. The Morgan fingerprint density at radius 2 is 2.07 bits per heavy atom. The van der Waals surface area contributed by atoms with Crippen LogP contribution in [0.5, 0.6) is 0 Å². The zero-order valence-corrected chi connectivity index (χ0v) is 18.0. The topological polar surface area (TPSA) is 66.0 Å². The van der Waals surface area contributed by atoms with Gasteiger partial charge in [0.2, 0.25) is 5.91 Å². The second-order valence-electron chi connectivity index (χ2n) is 8.43. The fourth-order valence-electron chi connectivity index (χ4n) is 3.51. The Labute approximate surface area is 169 Å². The SMILES string of the molecule is CN=C(NCCCOC1CCCc2ccccc21)N(C)CC(=O)NC(C)(C)C. The van der Waals surface area contributed by atoms with E-state index >= 15 is 0 Å². The van der Waals surface area contributed by atoms with E-state index in [0.717, 1.165) is 25.8 Å². The van der Waals surface area contributed by atoms with E-state index in [-0.39, 0.29) is 24.1 Å². The van der Waals surface area contributed by atoms with E-state index in [1.165, 1.54) is 17.5 Å². The van der Waals surface area contributed by atoms with Crippen molar-refractivity contribution in [2.45, 2.75) is 58.1 Å². The Morgan fingerprint density at radius 3 is 2.79 bits per heavy atom. The molecule has 6 nitrogen and oxygen atoms in total. The molecule has 0 heterocycles. The number of aryl methyl sites for hydroxylation is 1. The van der Waals surface area contributed by atoms with Crippen LogP contribution < -0.4 is 10.6 Å². The number of ether oxygens (including phenoxy) is 1. The molecule has 0 fully saturated rings. The van der Waals surface area contributed by atoms with Gasteiger partial charge in [-0.3, -0.25) is 9.79 Å². The molecule has 156 valence electrons. The predicted molar refractivity (Wildman–Crippen MR) is 115 cm³/mol. The van der Waals surface area contributed by atoms with Crippen LogP contribution in [0.25, 0.3) is 0 Å². The van der Waals surface area contributed by atoms with E-state index in [1.54, 1.807) is 7.05 Å². The summed E-state index contributed by atoms with van der Waals surface area (Å²) < 4.78 is 6.15. The van der Waals surface area contributed by atoms with Gasteiger partial charge < -0.3 is 20.3 Å². The Balaban J connectivity index is 1.70. The maximum absolute atomic E-state index is 12.1. The summed E-state index contributed by atoms with van der Waals surface area (Å²) in [6, 6.07) is 8.60. The van der Waals surface area contributed by atoms with Crippen LogP contribution in [-0.4, -0.2) is 56.1 Å². The minimum absolute atomic E-state index is 0.0164. The molecule has 1 unspecified atom stereocenters. The van der Waals surface area contributed by atoms with E-state index in [9.17, 15) is 4.79 Å². The number of carbonyl (C=O) groups is 1. The third-order valence-corrected chi connectivity index (χ3v) is 4.71. The standard InChI is InChI=1S/C22H36N4O2/c1-22(2,3)25-20(27)16-26(5)21(23-4)24-14-9-15-28-19-13-8-11-17-10-6-7-12-18(17)19/h6-7,10,12,19H,8-9,11,13-16H2,1-5H3,(H,23,24)(H,25,27). The Morgan fingerprint density at radius 1 is 1.32 bits per heavy atom. The number of carbonyl (C=O) groups excluding carboxylic acids is 1. The van der Waals surface area contributed by atoms with Gasteiger partial charge in [-0.2, -0.15) is 0 Å². The summed E-state index contributed by atoms with van der Waals surface area (Å²) in [6.45, 7) is 7.66. The highest BCUT2D eigenvalue weighted by atomic mass is 16.5. The molecule has 0 bridgehead atoms. The molecular weight excluding hydrogens is 352 g/mol. The highest BCUT2D eigenvalue weighted by Crippen LogP contribution is 2.32. The average Bonchev–Trinajstić information content (AvgIpc) is 2.63. The van der Waals surface area contributed by atoms with Crippen LogP contribution in [0.15, 0.2) is 29.3 Å². The average molecular weight is 389 g/mol. The van der Waals surface area contributed by atoms with Crippen molar-refractivity contribution < 1.29 is 9.53 Å². The van der Waals surface area contributed by atoms with Gasteiger partial charge in [-0.05, 0) is 57.6 Å². The molecule has 1 atom stereocenters. The Bertz CT molecular complexity index is 667. The van der Waals surface area contributed by atoms with Crippen LogP contribution in [-0.2, 0) is 16.0 Å². The van der Waals surface area contributed by atoms with E-state index in [1.807, 2.05) is 32.7 Å². The van der Waals surface area contributed by atoms with Crippen LogP contribution in [0.1, 0.15) is 57.3 Å². The first-order chi connectivity index (χ1) is 13.3. The van der Waals surface area contributed by atoms with Crippen LogP contribution in [0, 0.1) is 0 Å². The van der Waals surface area contributed by atoms with E-state index in [0.29, 0.717) is 12.6 Å². The van der Waals surface area contributed by atoms with Gasteiger partial charge in [0, 0.05) is 32.8 Å². The van der Waals surface area contributed by atoms with Gasteiger partial charge in [-0.1, -0.05) is 24.3 Å². The van der Waals surface area contributed by atoms with Crippen LogP contribution in [0.3, 0.4) is 0 Å². The van der Waals surface area contributed by atoms with E-state index in [2.05, 4.69) is 39.9 Å². The first-order valence-corrected chi connectivity index (χ1v) is 10.2. The number of fused-ring (bicyclic) bond motifs is 1. The second kappa shape index (κ2) is 10.5. The number of aliphatic imine (C=N–C) groups is 1. The van der Waals surface area contributed by atoms with Crippen LogP contribution in [0.4, 0.5) is 0 Å². The summed E-state index contributed by atoms with van der Waals surface area (Å²) in [5.41, 5.74) is 2.54. The molecule has 1 aromatic rings. The van der Waals surface area contributed by atoms with Crippen molar-refractivity contribution >= 4 is 11.9 Å². The van der Waals surface area contributed by atoms with Crippen LogP contribution >= 0.6 is 0 Å². The minimum atomic E-state index is -0.232. The summed E-state index contributed by atoms with van der Waals surface area (Å²) >= 11 is 0. The van der Waals surface area contributed by atoms with Crippen molar-refractivity contribution in [2.75, 3.05) is 33.8 Å². The van der Waals surface area contributed by atoms with E-state index < -0.39 is 0 Å². The van der Waals surface area contributed by atoms with Crippen molar-refractivity contribution in [1.29, 1.82) is 0 Å². The number of nitrogens with zero attached hydrogens (tertiary/aromatic N) is 2. The fraction of sp³-hybridized carbons (Fsp3) is 0.636. The monoisotopic (exact) mass is 388 g/mol. The number of benzene rings is 1. The van der Waals surface area contributed by atoms with Gasteiger partial charge in [-0.15, -0.1) is 0 Å². The molecule has 0 aliphatic heterocycles. The molecule has 1 aromatic carbocycles. The third-order valence-electron chi connectivity index (χ3n) is 4.71. The lowest BCUT2D eigenvalue weighted by atomic mass is 9.89. The summed E-state index contributed by atoms with van der Waals surface area (Å²) in [5, 5.41) is 6.28. The van der Waals surface area contributed by atoms with Gasteiger partial charge in [0.15, 0.2) is 5.96 Å². The van der Waals surface area contributed by atoms with E-state index in [4.69, 9.17) is 4.74 Å². The zero-order chi connectivity index (χ0) is 20.6. The highest BCUT2D eigenvalue weighted by molar-refractivity contribution is 5.86. The quantitative estimate of drug-likeness (QED) is 0.428. The van der Waals surface area contributed by atoms with Crippen LogP contribution in [0.2, 0.25) is 0 Å². The molecule has 28 heavy (non-hydrogen) atoms. The maximum Gasteiger partial charge on any atom is 0.240 e. The zero-order valence-electron chi connectivity index (χ0n) is 18.0. The number of nitrogens with one attached hydrogen (secondary N) is 2. The normalized spacial score (nSPS) is 17.0. The summed E-state index contributed by atoms with van der Waals surface area (Å²) in [4.78, 5) is 18.2. The number of hydrogen-bond acceptors (Lipinski definition) is 3. The maximum atomic E-state index is 12.1. The highest BCUT2D eigenvalue weighted by Gasteiger charge is 2.20. The van der Waals surface area contributed by atoms with Crippen molar-refractivity contribution in [3.63, 3.8) is 0 Å². The molecule has 2 rings (SSSR count). The fourth-order valence-corrected chi connectivity index (χ4v) is 3.51. The minimum Gasteiger partial charge on any atom is -0.373 e. The van der Waals surface area contributed by atoms with Crippen molar-refractivity contribution in [3.8, 4) is 0 Å². The third kappa shape index (κ3) is 7.15. The molecule has 0 aromatic heterocycles. The number of amides is 1. The number of guanidine groups is 1.